The molecule has 0 aromatic heterocycles. The van der Waals surface area contributed by atoms with Crippen LogP contribution >= 0.6 is 15.9 Å². The van der Waals surface area contributed by atoms with Gasteiger partial charge < -0.3 is 10.6 Å². The van der Waals surface area contributed by atoms with Gasteiger partial charge in [0.1, 0.15) is 0 Å². The van der Waals surface area contributed by atoms with Gasteiger partial charge in [0.15, 0.2) is 0 Å². The molecular weight excluding hydrogens is 326 g/mol. The van der Waals surface area contributed by atoms with E-state index in [1.165, 1.54) is 12.0 Å². The molecular formula is C17H30BrN3. The van der Waals surface area contributed by atoms with Gasteiger partial charge in [-0.3, -0.25) is 4.90 Å². The zero-order chi connectivity index (χ0) is 15.8. The van der Waals surface area contributed by atoms with E-state index in [1.807, 2.05) is 0 Å². The van der Waals surface area contributed by atoms with Gasteiger partial charge in [-0.25, -0.2) is 0 Å². The fraction of sp³-hybridized carbons (Fsp3) is 0.647. The second-order valence-electron chi connectivity index (χ2n) is 5.85. The Morgan fingerprint density at radius 2 is 1.71 bits per heavy atom. The van der Waals surface area contributed by atoms with Crippen molar-refractivity contribution in [2.75, 3.05) is 33.7 Å². The van der Waals surface area contributed by atoms with E-state index < -0.39 is 0 Å². The van der Waals surface area contributed by atoms with Gasteiger partial charge in [-0.2, -0.15) is 0 Å². The van der Waals surface area contributed by atoms with Crippen LogP contribution in [0.1, 0.15) is 38.3 Å². The number of hydrogen-bond donors (Lipinski definition) is 1. The predicted molar refractivity (Wildman–Crippen MR) is 95.6 cm³/mol. The maximum Gasteiger partial charge on any atom is 0.0498 e. The van der Waals surface area contributed by atoms with Crippen molar-refractivity contribution in [2.24, 2.45) is 5.73 Å². The minimum atomic E-state index is 0.172. The molecule has 2 N–H and O–H groups in total. The topological polar surface area (TPSA) is 32.5 Å². The van der Waals surface area contributed by atoms with Crippen molar-refractivity contribution in [2.45, 2.75) is 38.8 Å². The zero-order valence-electron chi connectivity index (χ0n) is 13.8. The lowest BCUT2D eigenvalue weighted by Crippen LogP contribution is -2.41. The van der Waals surface area contributed by atoms with Crippen LogP contribution in [0.2, 0.25) is 0 Å². The smallest absolute Gasteiger partial charge is 0.0498 e. The van der Waals surface area contributed by atoms with Crippen molar-refractivity contribution in [3.8, 4) is 0 Å². The Morgan fingerprint density at radius 3 is 2.19 bits per heavy atom. The quantitative estimate of drug-likeness (QED) is 0.735. The molecule has 2 unspecified atom stereocenters. The molecule has 0 heterocycles. The average Bonchev–Trinajstić information content (AvgIpc) is 2.47. The molecule has 1 rings (SSSR count). The van der Waals surface area contributed by atoms with Crippen molar-refractivity contribution in [3.05, 3.63) is 34.3 Å². The first-order chi connectivity index (χ1) is 9.99. The van der Waals surface area contributed by atoms with Crippen LogP contribution in [0.5, 0.6) is 0 Å². The predicted octanol–water partition coefficient (Wildman–Crippen LogP) is 3.50. The molecule has 1 aromatic carbocycles. The molecule has 1 aromatic rings. The summed E-state index contributed by atoms with van der Waals surface area (Å²) in [7, 11) is 4.25. The summed E-state index contributed by atoms with van der Waals surface area (Å²) in [5.41, 5.74) is 7.75. The van der Waals surface area contributed by atoms with Crippen LogP contribution in [0.25, 0.3) is 0 Å². The molecule has 0 aliphatic heterocycles. The lowest BCUT2D eigenvalue weighted by Gasteiger charge is -2.35. The normalized spacial score (nSPS) is 14.7. The third-order valence-corrected chi connectivity index (χ3v) is 4.47. The van der Waals surface area contributed by atoms with Crippen LogP contribution in [-0.2, 0) is 0 Å². The summed E-state index contributed by atoms with van der Waals surface area (Å²) in [6.07, 6.45) is 2.16. The van der Waals surface area contributed by atoms with Crippen molar-refractivity contribution >= 4 is 15.9 Å². The van der Waals surface area contributed by atoms with E-state index in [4.69, 9.17) is 5.73 Å². The fourth-order valence-corrected chi connectivity index (χ4v) is 2.96. The van der Waals surface area contributed by atoms with Gasteiger partial charge in [-0.1, -0.05) is 41.9 Å². The molecule has 0 spiro atoms. The van der Waals surface area contributed by atoms with Gasteiger partial charge in [0, 0.05) is 23.1 Å². The molecule has 0 saturated heterocycles. The average molecular weight is 356 g/mol. The van der Waals surface area contributed by atoms with Crippen molar-refractivity contribution in [1.29, 1.82) is 0 Å². The molecule has 0 aliphatic rings. The first kappa shape index (κ1) is 18.6. The molecule has 0 bridgehead atoms. The number of halogens is 1. The summed E-state index contributed by atoms with van der Waals surface area (Å²) >= 11 is 3.51. The zero-order valence-corrected chi connectivity index (χ0v) is 15.4. The van der Waals surface area contributed by atoms with Crippen molar-refractivity contribution < 1.29 is 0 Å². The van der Waals surface area contributed by atoms with Crippen LogP contribution in [0.3, 0.4) is 0 Å². The summed E-state index contributed by atoms with van der Waals surface area (Å²) < 4.78 is 1.12. The monoisotopic (exact) mass is 355 g/mol. The Bertz CT molecular complexity index is 392. The first-order valence-corrected chi connectivity index (χ1v) is 8.68. The summed E-state index contributed by atoms with van der Waals surface area (Å²) in [5.74, 6) is 0. The van der Waals surface area contributed by atoms with Crippen LogP contribution in [-0.4, -0.2) is 49.6 Å². The minimum Gasteiger partial charge on any atom is -0.326 e. The molecule has 0 saturated carbocycles. The van der Waals surface area contributed by atoms with E-state index >= 15 is 0 Å². The van der Waals surface area contributed by atoms with Crippen LogP contribution < -0.4 is 5.73 Å². The number of nitrogens with two attached hydrogens (primary N) is 1. The maximum atomic E-state index is 6.43. The molecule has 4 heteroatoms. The van der Waals surface area contributed by atoms with Crippen molar-refractivity contribution in [3.63, 3.8) is 0 Å². The molecule has 0 radical (unpaired) electrons. The van der Waals surface area contributed by atoms with Gasteiger partial charge in [-0.05, 0) is 57.7 Å². The highest BCUT2D eigenvalue weighted by molar-refractivity contribution is 9.10. The highest BCUT2D eigenvalue weighted by atomic mass is 79.9. The Labute approximate surface area is 138 Å². The standard InChI is InChI=1S/C17H30BrN3/c1-5-16(19)17(14-8-10-15(18)11-9-14)21(6-2)13-7-12-20(3)4/h8-11,16-17H,5-7,12-13,19H2,1-4H3. The number of benzene rings is 1. The molecule has 3 nitrogen and oxygen atoms in total. The molecule has 120 valence electrons. The second kappa shape index (κ2) is 9.57. The van der Waals surface area contributed by atoms with Gasteiger partial charge in [-0.15, -0.1) is 0 Å². The molecule has 0 fully saturated rings. The van der Waals surface area contributed by atoms with Crippen molar-refractivity contribution in [1.82, 2.24) is 9.80 Å². The van der Waals surface area contributed by atoms with E-state index in [0.29, 0.717) is 6.04 Å². The van der Waals surface area contributed by atoms with E-state index in [0.717, 1.165) is 30.5 Å². The second-order valence-corrected chi connectivity index (χ2v) is 6.77. The van der Waals surface area contributed by atoms with Crippen LogP contribution in [0, 0.1) is 0 Å². The largest absolute Gasteiger partial charge is 0.326 e. The van der Waals surface area contributed by atoms with E-state index in [9.17, 15) is 0 Å². The van der Waals surface area contributed by atoms with Gasteiger partial charge >= 0.3 is 0 Å². The third-order valence-electron chi connectivity index (χ3n) is 3.94. The summed E-state index contributed by atoms with van der Waals surface area (Å²) in [6, 6.07) is 9.08. The van der Waals surface area contributed by atoms with E-state index in [2.05, 4.69) is 77.9 Å². The Kier molecular flexibility index (Phi) is 8.49. The third kappa shape index (κ3) is 6.07. The molecule has 0 amide bonds. The van der Waals surface area contributed by atoms with Gasteiger partial charge in [0.05, 0.1) is 0 Å². The molecule has 21 heavy (non-hydrogen) atoms. The van der Waals surface area contributed by atoms with E-state index in [1.54, 1.807) is 0 Å². The SMILES string of the molecule is CCC(N)C(c1ccc(Br)cc1)N(CC)CCCN(C)C. The number of nitrogens with zero attached hydrogens (tertiary/aromatic N) is 2. The molecule has 0 aliphatic carbocycles. The Balaban J connectivity index is 2.85. The summed E-state index contributed by atoms with van der Waals surface area (Å²) in [5, 5.41) is 0. The number of rotatable bonds is 9. The Hall–Kier alpha value is -0.420. The Morgan fingerprint density at radius 1 is 1.10 bits per heavy atom. The first-order valence-electron chi connectivity index (χ1n) is 7.89. The number of likely N-dealkylation sites (N-methyl/N-ethyl adjacent to an activating group) is 1. The van der Waals surface area contributed by atoms with Crippen LogP contribution in [0.15, 0.2) is 28.7 Å². The lowest BCUT2D eigenvalue weighted by atomic mass is 9.96. The minimum absolute atomic E-state index is 0.172. The highest BCUT2D eigenvalue weighted by Gasteiger charge is 2.24. The van der Waals surface area contributed by atoms with E-state index in [-0.39, 0.29) is 6.04 Å². The van der Waals surface area contributed by atoms with Crippen LogP contribution in [0.4, 0.5) is 0 Å². The lowest BCUT2D eigenvalue weighted by molar-refractivity contribution is 0.170. The summed E-state index contributed by atoms with van der Waals surface area (Å²) in [6.45, 7) is 7.63. The number of hydrogen-bond acceptors (Lipinski definition) is 3. The van der Waals surface area contributed by atoms with Gasteiger partial charge in [0.25, 0.3) is 0 Å². The highest BCUT2D eigenvalue weighted by Crippen LogP contribution is 2.26. The fourth-order valence-electron chi connectivity index (χ4n) is 2.70. The maximum absolute atomic E-state index is 6.43. The molecule has 2 atom stereocenters. The summed E-state index contributed by atoms with van der Waals surface area (Å²) in [4.78, 5) is 4.75. The van der Waals surface area contributed by atoms with Gasteiger partial charge in [0.2, 0.25) is 0 Å².